The van der Waals surface area contributed by atoms with Gasteiger partial charge in [-0.05, 0) is 27.7 Å². The van der Waals surface area contributed by atoms with Crippen molar-refractivity contribution in [2.24, 2.45) is 0 Å². The fraction of sp³-hybridized carbons (Fsp3) is 0.750. The molecule has 0 radical (unpaired) electrons. The first-order valence-electron chi connectivity index (χ1n) is 3.87. The molecule has 0 saturated carbocycles. The Morgan fingerprint density at radius 2 is 2.08 bits per heavy atom. The first-order valence-corrected chi connectivity index (χ1v) is 5.38. The van der Waals surface area contributed by atoms with Crippen molar-refractivity contribution in [2.75, 3.05) is 6.16 Å². The highest BCUT2D eigenvalue weighted by Gasteiger charge is 2.16. The molecule has 3 nitrogen and oxygen atoms in total. The fourth-order valence-electron chi connectivity index (χ4n) is 0.537. The maximum absolute atomic E-state index is 11.0. The lowest BCUT2D eigenvalue weighted by molar-refractivity contribution is -0.153. The van der Waals surface area contributed by atoms with Crippen molar-refractivity contribution in [1.82, 2.24) is 0 Å². The van der Waals surface area contributed by atoms with Gasteiger partial charge in [-0.25, -0.2) is 4.79 Å². The summed E-state index contributed by atoms with van der Waals surface area (Å²) in [6.07, 6.45) is 0.481. The number of carbonyl (C=O) groups excluding carboxylic acids is 1. The molecular formula is C8H15O3P. The first-order chi connectivity index (χ1) is 5.35. The van der Waals surface area contributed by atoms with Crippen molar-refractivity contribution in [1.29, 1.82) is 0 Å². The highest BCUT2D eigenvalue weighted by Crippen LogP contribution is 2.10. The van der Waals surface area contributed by atoms with E-state index in [4.69, 9.17) is 4.74 Å². The number of rotatable bonds is 2. The van der Waals surface area contributed by atoms with Crippen molar-refractivity contribution in [3.05, 3.63) is 0 Å². The summed E-state index contributed by atoms with van der Waals surface area (Å²) in [7, 11) is -1.52. The second kappa shape index (κ2) is 4.58. The summed E-state index contributed by atoms with van der Waals surface area (Å²) in [5, 5.41) is 0. The van der Waals surface area contributed by atoms with E-state index in [1.54, 1.807) is 27.7 Å². The van der Waals surface area contributed by atoms with Gasteiger partial charge in [0, 0.05) is 0 Å². The van der Waals surface area contributed by atoms with Gasteiger partial charge < -0.3 is 9.63 Å². The summed E-state index contributed by atoms with van der Waals surface area (Å²) in [5.41, 5.74) is -0.502. The standard InChI is InChI=1S/C8H15O3P/c1-5-12(10)6-7(9)11-8(2,3)4/h6H,5H2,1-4H3. The minimum Gasteiger partial charge on any atom is -0.630 e. The molecule has 0 aliphatic rings. The largest absolute Gasteiger partial charge is 0.630 e. The zero-order valence-electron chi connectivity index (χ0n) is 7.96. The van der Waals surface area contributed by atoms with Gasteiger partial charge in [0.05, 0.1) is 13.9 Å². The average molecular weight is 190 g/mol. The van der Waals surface area contributed by atoms with Crippen LogP contribution in [0.5, 0.6) is 0 Å². The highest BCUT2D eigenvalue weighted by atomic mass is 31.1. The van der Waals surface area contributed by atoms with Crippen molar-refractivity contribution in [3.8, 4) is 0 Å². The van der Waals surface area contributed by atoms with Gasteiger partial charge >= 0.3 is 5.97 Å². The second-order valence-corrected chi connectivity index (χ2v) is 5.12. The molecule has 0 amide bonds. The SMILES string of the molecule is CC[P+]([O-])=CC(=O)OC(C)(C)C. The maximum Gasteiger partial charge on any atom is 0.373 e. The van der Waals surface area contributed by atoms with Crippen LogP contribution in [0.2, 0.25) is 0 Å². The van der Waals surface area contributed by atoms with E-state index in [0.717, 1.165) is 5.80 Å². The summed E-state index contributed by atoms with van der Waals surface area (Å²) < 4.78 is 4.93. The Hall–Kier alpha value is -0.400. The van der Waals surface area contributed by atoms with Crippen molar-refractivity contribution in [3.63, 3.8) is 0 Å². The van der Waals surface area contributed by atoms with Gasteiger partial charge in [0.1, 0.15) is 5.60 Å². The predicted octanol–water partition coefficient (Wildman–Crippen LogP) is 0.907. The van der Waals surface area contributed by atoms with E-state index in [9.17, 15) is 9.69 Å². The summed E-state index contributed by atoms with van der Waals surface area (Å²) in [6, 6.07) is 0. The molecule has 0 rings (SSSR count). The van der Waals surface area contributed by atoms with Crippen LogP contribution in [0.4, 0.5) is 0 Å². The van der Waals surface area contributed by atoms with Crippen LogP contribution in [0, 0.1) is 0 Å². The lowest BCUT2D eigenvalue weighted by Crippen LogP contribution is -2.24. The Morgan fingerprint density at radius 3 is 2.42 bits per heavy atom. The Labute approximate surface area is 74.2 Å². The van der Waals surface area contributed by atoms with Gasteiger partial charge in [-0.2, -0.15) is 0 Å². The lowest BCUT2D eigenvalue weighted by atomic mass is 10.2. The number of hydrogen-bond donors (Lipinski definition) is 0. The van der Waals surface area contributed by atoms with Crippen LogP contribution in [-0.2, 0) is 9.53 Å². The molecule has 4 heteroatoms. The average Bonchev–Trinajstić information content (AvgIpc) is 1.82. The molecule has 0 saturated heterocycles. The summed E-state index contributed by atoms with van der Waals surface area (Å²) in [6.45, 7) is 7.09. The Balaban J connectivity index is 4.08. The Kier molecular flexibility index (Phi) is 4.43. The van der Waals surface area contributed by atoms with Gasteiger partial charge in [-0.15, -0.1) is 0 Å². The van der Waals surface area contributed by atoms with Crippen molar-refractivity contribution >= 4 is 19.5 Å². The summed E-state index contributed by atoms with van der Waals surface area (Å²) in [4.78, 5) is 21.9. The molecule has 0 aromatic carbocycles. The van der Waals surface area contributed by atoms with Gasteiger partial charge in [0.2, 0.25) is 0 Å². The zero-order chi connectivity index (χ0) is 9.78. The predicted molar refractivity (Wildman–Crippen MR) is 49.4 cm³/mol. The quantitative estimate of drug-likeness (QED) is 0.480. The molecule has 0 fully saturated rings. The van der Waals surface area contributed by atoms with Crippen molar-refractivity contribution in [2.45, 2.75) is 33.3 Å². The van der Waals surface area contributed by atoms with E-state index >= 15 is 0 Å². The van der Waals surface area contributed by atoms with E-state index in [1.165, 1.54) is 0 Å². The number of esters is 1. The molecule has 0 aliphatic carbocycles. The minimum atomic E-state index is -1.52. The third-order valence-electron chi connectivity index (χ3n) is 0.968. The van der Waals surface area contributed by atoms with Crippen LogP contribution < -0.4 is 4.89 Å². The molecule has 0 aliphatic heterocycles. The molecule has 1 unspecified atom stereocenters. The van der Waals surface area contributed by atoms with Gasteiger partial charge in [0.15, 0.2) is 5.80 Å². The molecule has 1 atom stereocenters. The fourth-order valence-corrected chi connectivity index (χ4v) is 1.01. The normalized spacial score (nSPS) is 12.9. The third-order valence-corrected chi connectivity index (χ3v) is 2.09. The van der Waals surface area contributed by atoms with Crippen LogP contribution in [0.25, 0.3) is 0 Å². The minimum absolute atomic E-state index is 0.481. The molecular weight excluding hydrogens is 175 g/mol. The first kappa shape index (κ1) is 11.6. The number of ether oxygens (including phenoxy) is 1. The second-order valence-electron chi connectivity index (χ2n) is 3.40. The smallest absolute Gasteiger partial charge is 0.373 e. The molecule has 12 heavy (non-hydrogen) atoms. The van der Waals surface area contributed by atoms with E-state index in [2.05, 4.69) is 0 Å². The number of hydrogen-bond acceptors (Lipinski definition) is 3. The Morgan fingerprint density at radius 1 is 1.58 bits per heavy atom. The Bertz CT molecular complexity index is 191. The molecule has 0 aromatic heterocycles. The molecule has 0 N–H and O–H groups in total. The molecule has 0 spiro atoms. The third kappa shape index (κ3) is 6.32. The van der Waals surface area contributed by atoms with E-state index in [1.807, 2.05) is 0 Å². The van der Waals surface area contributed by atoms with Crippen LogP contribution in [0.15, 0.2) is 0 Å². The van der Waals surface area contributed by atoms with Crippen LogP contribution in [0.3, 0.4) is 0 Å². The summed E-state index contributed by atoms with van der Waals surface area (Å²) in [5.74, 6) is 0.645. The highest BCUT2D eigenvalue weighted by molar-refractivity contribution is 7.51. The molecule has 0 heterocycles. The van der Waals surface area contributed by atoms with Gasteiger partial charge in [-0.1, -0.05) is 0 Å². The maximum atomic E-state index is 11.0. The summed E-state index contributed by atoms with van der Waals surface area (Å²) >= 11 is 0. The van der Waals surface area contributed by atoms with Crippen molar-refractivity contribution < 1.29 is 14.4 Å². The van der Waals surface area contributed by atoms with Crippen LogP contribution in [-0.4, -0.2) is 23.5 Å². The van der Waals surface area contributed by atoms with E-state index < -0.39 is 19.3 Å². The zero-order valence-corrected chi connectivity index (χ0v) is 8.85. The lowest BCUT2D eigenvalue weighted by Gasteiger charge is -2.17. The number of carbonyl (C=O) groups is 1. The van der Waals surface area contributed by atoms with E-state index in [0.29, 0.717) is 6.16 Å². The van der Waals surface area contributed by atoms with Gasteiger partial charge in [0.25, 0.3) is 0 Å². The molecule has 0 aromatic rings. The molecule has 70 valence electrons. The van der Waals surface area contributed by atoms with Gasteiger partial charge in [-0.3, -0.25) is 0 Å². The van der Waals surface area contributed by atoms with Crippen LogP contribution in [0.1, 0.15) is 27.7 Å². The monoisotopic (exact) mass is 190 g/mol. The van der Waals surface area contributed by atoms with Crippen LogP contribution >= 0.6 is 7.77 Å². The topological polar surface area (TPSA) is 49.4 Å². The molecule has 0 bridgehead atoms. The van der Waals surface area contributed by atoms with E-state index in [-0.39, 0.29) is 0 Å².